The summed E-state index contributed by atoms with van der Waals surface area (Å²) in [5.74, 6) is 2.07. The van der Waals surface area contributed by atoms with Crippen molar-refractivity contribution >= 4 is 11.6 Å². The van der Waals surface area contributed by atoms with Gasteiger partial charge in [0.15, 0.2) is 0 Å². The third-order valence-corrected chi connectivity index (χ3v) is 2.93. The van der Waals surface area contributed by atoms with Gasteiger partial charge in [-0.3, -0.25) is 0 Å². The highest BCUT2D eigenvalue weighted by atomic mass is 16.5. The molecule has 3 N–H and O–H groups in total. The van der Waals surface area contributed by atoms with Crippen molar-refractivity contribution in [3.63, 3.8) is 0 Å². The third kappa shape index (κ3) is 3.32. The van der Waals surface area contributed by atoms with Crippen molar-refractivity contribution in [2.24, 2.45) is 0 Å². The molecule has 5 heteroatoms. The van der Waals surface area contributed by atoms with Gasteiger partial charge in [0.1, 0.15) is 17.5 Å². The summed E-state index contributed by atoms with van der Waals surface area (Å²) >= 11 is 0. The van der Waals surface area contributed by atoms with Crippen LogP contribution >= 0.6 is 0 Å². The zero-order valence-corrected chi connectivity index (χ0v) is 11.4. The highest BCUT2D eigenvalue weighted by Crippen LogP contribution is 2.22. The van der Waals surface area contributed by atoms with Crippen molar-refractivity contribution in [1.82, 2.24) is 9.97 Å². The first-order chi connectivity index (χ1) is 8.45. The van der Waals surface area contributed by atoms with Crippen LogP contribution in [-0.4, -0.2) is 29.2 Å². The number of nitrogens with zero attached hydrogens (tertiary/aromatic N) is 2. The van der Waals surface area contributed by atoms with E-state index in [0.29, 0.717) is 11.9 Å². The molecule has 1 aromatic rings. The number of nitrogens with two attached hydrogens (primary N) is 1. The Kier molecular flexibility index (Phi) is 3.71. The Morgan fingerprint density at radius 1 is 1.39 bits per heavy atom. The summed E-state index contributed by atoms with van der Waals surface area (Å²) in [7, 11) is 0. The van der Waals surface area contributed by atoms with Gasteiger partial charge < -0.3 is 15.8 Å². The van der Waals surface area contributed by atoms with Crippen LogP contribution in [0.15, 0.2) is 6.07 Å². The van der Waals surface area contributed by atoms with E-state index in [1.54, 1.807) is 6.07 Å². The van der Waals surface area contributed by atoms with E-state index in [1.807, 2.05) is 0 Å². The summed E-state index contributed by atoms with van der Waals surface area (Å²) in [5.41, 5.74) is 5.74. The van der Waals surface area contributed by atoms with Gasteiger partial charge in [-0.05, 0) is 12.8 Å². The van der Waals surface area contributed by atoms with Crippen LogP contribution in [0.3, 0.4) is 0 Å². The Hall–Kier alpha value is -1.36. The molecule has 1 aliphatic rings. The summed E-state index contributed by atoms with van der Waals surface area (Å²) in [6.45, 7) is 7.83. The Bertz CT molecular complexity index is 408. The summed E-state index contributed by atoms with van der Waals surface area (Å²) in [4.78, 5) is 8.83. The van der Waals surface area contributed by atoms with E-state index in [2.05, 4.69) is 36.1 Å². The van der Waals surface area contributed by atoms with E-state index in [1.165, 1.54) is 0 Å². The molecule has 1 aromatic heterocycles. The Morgan fingerprint density at radius 3 is 2.78 bits per heavy atom. The van der Waals surface area contributed by atoms with Gasteiger partial charge in [-0.15, -0.1) is 0 Å². The molecule has 100 valence electrons. The predicted molar refractivity (Wildman–Crippen MR) is 72.6 cm³/mol. The van der Waals surface area contributed by atoms with Gasteiger partial charge in [-0.1, -0.05) is 20.8 Å². The molecule has 1 saturated heterocycles. The lowest BCUT2D eigenvalue weighted by molar-refractivity contribution is 0.0875. The van der Waals surface area contributed by atoms with Gasteiger partial charge in [0.2, 0.25) is 0 Å². The van der Waals surface area contributed by atoms with Gasteiger partial charge in [-0.25, -0.2) is 9.97 Å². The van der Waals surface area contributed by atoms with Crippen LogP contribution in [0.1, 0.15) is 39.4 Å². The minimum absolute atomic E-state index is 0.102. The van der Waals surface area contributed by atoms with E-state index < -0.39 is 0 Å². The largest absolute Gasteiger partial charge is 0.384 e. The molecular formula is C13H22N4O. The van der Waals surface area contributed by atoms with Crippen LogP contribution in [0.4, 0.5) is 11.6 Å². The molecule has 0 amide bonds. The highest BCUT2D eigenvalue weighted by Gasteiger charge is 2.20. The highest BCUT2D eigenvalue weighted by molar-refractivity contribution is 5.46. The zero-order chi connectivity index (χ0) is 13.2. The first-order valence-corrected chi connectivity index (χ1v) is 6.44. The van der Waals surface area contributed by atoms with Crippen molar-refractivity contribution in [1.29, 1.82) is 0 Å². The fourth-order valence-corrected chi connectivity index (χ4v) is 1.94. The van der Waals surface area contributed by atoms with E-state index in [9.17, 15) is 0 Å². The first kappa shape index (κ1) is 13.1. The Balaban J connectivity index is 2.14. The lowest BCUT2D eigenvalue weighted by Crippen LogP contribution is -2.31. The topological polar surface area (TPSA) is 73.1 Å². The standard InChI is InChI=1S/C13H22N4O/c1-13(2,3)12-16-10(14)7-11(17-12)15-9-5-4-6-18-8-9/h7,9H,4-6,8H2,1-3H3,(H3,14,15,16,17). The van der Waals surface area contributed by atoms with E-state index in [-0.39, 0.29) is 5.41 Å². The summed E-state index contributed by atoms with van der Waals surface area (Å²) in [6.07, 6.45) is 2.19. The average molecular weight is 250 g/mol. The molecule has 5 nitrogen and oxygen atoms in total. The first-order valence-electron chi connectivity index (χ1n) is 6.44. The minimum Gasteiger partial charge on any atom is -0.384 e. The molecular weight excluding hydrogens is 228 g/mol. The van der Waals surface area contributed by atoms with E-state index in [0.717, 1.165) is 37.7 Å². The number of nitrogen functional groups attached to an aromatic ring is 1. The summed E-state index contributed by atoms with van der Waals surface area (Å²) in [6, 6.07) is 2.10. The molecule has 0 saturated carbocycles. The molecule has 0 spiro atoms. The number of hydrogen-bond acceptors (Lipinski definition) is 5. The lowest BCUT2D eigenvalue weighted by atomic mass is 9.96. The molecule has 1 unspecified atom stereocenters. The van der Waals surface area contributed by atoms with E-state index in [4.69, 9.17) is 10.5 Å². The van der Waals surface area contributed by atoms with Crippen LogP contribution in [0.2, 0.25) is 0 Å². The summed E-state index contributed by atoms with van der Waals surface area (Å²) < 4.78 is 5.44. The quantitative estimate of drug-likeness (QED) is 0.839. The van der Waals surface area contributed by atoms with Crippen LogP contribution in [-0.2, 0) is 10.2 Å². The van der Waals surface area contributed by atoms with Crippen molar-refractivity contribution in [3.8, 4) is 0 Å². The van der Waals surface area contributed by atoms with Crippen molar-refractivity contribution < 1.29 is 4.74 Å². The number of hydrogen-bond donors (Lipinski definition) is 2. The molecule has 18 heavy (non-hydrogen) atoms. The molecule has 0 radical (unpaired) electrons. The maximum atomic E-state index is 5.84. The molecule has 0 aromatic carbocycles. The number of ether oxygens (including phenoxy) is 1. The van der Waals surface area contributed by atoms with Gasteiger partial charge >= 0.3 is 0 Å². The fourth-order valence-electron chi connectivity index (χ4n) is 1.94. The smallest absolute Gasteiger partial charge is 0.138 e. The van der Waals surface area contributed by atoms with Gasteiger partial charge in [0, 0.05) is 18.1 Å². The number of rotatable bonds is 2. The minimum atomic E-state index is -0.102. The second-order valence-electron chi connectivity index (χ2n) is 5.81. The summed E-state index contributed by atoms with van der Waals surface area (Å²) in [5, 5.41) is 3.38. The molecule has 2 heterocycles. The van der Waals surface area contributed by atoms with E-state index >= 15 is 0 Å². The van der Waals surface area contributed by atoms with Crippen molar-refractivity contribution in [2.45, 2.75) is 45.1 Å². The molecule has 0 bridgehead atoms. The van der Waals surface area contributed by atoms with Crippen LogP contribution in [0.5, 0.6) is 0 Å². The normalized spacial score (nSPS) is 20.7. The Morgan fingerprint density at radius 2 is 2.17 bits per heavy atom. The maximum absolute atomic E-state index is 5.84. The maximum Gasteiger partial charge on any atom is 0.138 e. The van der Waals surface area contributed by atoms with Crippen molar-refractivity contribution in [3.05, 3.63) is 11.9 Å². The molecule has 1 aliphatic heterocycles. The lowest BCUT2D eigenvalue weighted by Gasteiger charge is -2.24. The molecule has 1 fully saturated rings. The molecule has 1 atom stereocenters. The average Bonchev–Trinajstić information content (AvgIpc) is 2.28. The second kappa shape index (κ2) is 5.10. The monoisotopic (exact) mass is 250 g/mol. The van der Waals surface area contributed by atoms with Gasteiger partial charge in [-0.2, -0.15) is 0 Å². The number of anilines is 2. The second-order valence-corrected chi connectivity index (χ2v) is 5.81. The Labute approximate surface area is 108 Å². The number of aromatic nitrogens is 2. The number of nitrogens with one attached hydrogen (secondary N) is 1. The van der Waals surface area contributed by atoms with Crippen LogP contribution in [0, 0.1) is 0 Å². The van der Waals surface area contributed by atoms with Gasteiger partial charge in [0.25, 0.3) is 0 Å². The SMILES string of the molecule is CC(C)(C)c1nc(N)cc(NC2CCCOC2)n1. The van der Waals surface area contributed by atoms with Crippen LogP contribution in [0.25, 0.3) is 0 Å². The fraction of sp³-hybridized carbons (Fsp3) is 0.692. The van der Waals surface area contributed by atoms with Crippen LogP contribution < -0.4 is 11.1 Å². The van der Waals surface area contributed by atoms with Crippen molar-refractivity contribution in [2.75, 3.05) is 24.3 Å². The molecule has 0 aliphatic carbocycles. The predicted octanol–water partition coefficient (Wildman–Crippen LogP) is 1.95. The third-order valence-electron chi connectivity index (χ3n) is 2.93. The zero-order valence-electron chi connectivity index (χ0n) is 11.4. The molecule has 2 rings (SSSR count). The van der Waals surface area contributed by atoms with Gasteiger partial charge in [0.05, 0.1) is 12.6 Å².